The van der Waals surface area contributed by atoms with Gasteiger partial charge in [0.15, 0.2) is 5.56 Å². The highest BCUT2D eigenvalue weighted by atomic mass is 16.5. The van der Waals surface area contributed by atoms with Gasteiger partial charge in [0.2, 0.25) is 11.8 Å². The van der Waals surface area contributed by atoms with Crippen LogP contribution in [0.2, 0.25) is 0 Å². The van der Waals surface area contributed by atoms with Crippen LogP contribution in [0.3, 0.4) is 0 Å². The molecule has 10 heteroatoms. The molecule has 184 valence electrons. The van der Waals surface area contributed by atoms with E-state index < -0.39 is 17.3 Å². The van der Waals surface area contributed by atoms with Gasteiger partial charge in [-0.3, -0.25) is 19.0 Å². The number of morpholine rings is 1. The number of rotatable bonds is 5. The molecule has 2 aromatic heterocycles. The molecule has 0 aromatic carbocycles. The number of hydrogen-bond donors (Lipinski definition) is 2. The van der Waals surface area contributed by atoms with Gasteiger partial charge in [-0.1, -0.05) is 20.8 Å². The van der Waals surface area contributed by atoms with Gasteiger partial charge in [-0.25, -0.2) is 0 Å². The molecule has 1 aliphatic heterocycles. The molecular weight excluding hydrogens is 438 g/mol. The summed E-state index contributed by atoms with van der Waals surface area (Å²) in [7, 11) is 0. The molecule has 4 rings (SSSR count). The number of nitrogens with zero attached hydrogens (tertiary/aromatic N) is 4. The number of hydrogen-bond acceptors (Lipinski definition) is 6. The van der Waals surface area contributed by atoms with Crippen molar-refractivity contribution in [3.8, 4) is 5.88 Å². The summed E-state index contributed by atoms with van der Waals surface area (Å²) in [6, 6.07) is -0.00365. The second-order valence-electron chi connectivity index (χ2n) is 10.4. The molecule has 1 aliphatic carbocycles. The van der Waals surface area contributed by atoms with Crippen LogP contribution in [0, 0.1) is 12.3 Å². The minimum Gasteiger partial charge on any atom is -0.492 e. The first-order valence-corrected chi connectivity index (χ1v) is 11.7. The van der Waals surface area contributed by atoms with Crippen LogP contribution >= 0.6 is 0 Å². The van der Waals surface area contributed by atoms with Gasteiger partial charge >= 0.3 is 0 Å². The minimum absolute atomic E-state index is 0.0320. The Morgan fingerprint density at radius 3 is 2.62 bits per heavy atom. The lowest BCUT2D eigenvalue weighted by molar-refractivity contribution is -0.133. The van der Waals surface area contributed by atoms with Crippen molar-refractivity contribution in [1.29, 1.82) is 0 Å². The van der Waals surface area contributed by atoms with Crippen LogP contribution in [-0.4, -0.2) is 67.8 Å². The number of fused-ring (bicyclic) bond motifs is 1. The molecule has 2 amide bonds. The van der Waals surface area contributed by atoms with Crippen molar-refractivity contribution in [2.75, 3.05) is 19.8 Å². The van der Waals surface area contributed by atoms with E-state index in [1.54, 1.807) is 17.9 Å². The molecule has 2 aliphatic rings. The highest BCUT2D eigenvalue weighted by molar-refractivity contribution is 5.97. The van der Waals surface area contributed by atoms with Gasteiger partial charge in [0.1, 0.15) is 5.65 Å². The summed E-state index contributed by atoms with van der Waals surface area (Å²) < 4.78 is 8.11. The van der Waals surface area contributed by atoms with Gasteiger partial charge in [0.05, 0.1) is 24.9 Å². The van der Waals surface area contributed by atoms with Gasteiger partial charge in [-0.2, -0.15) is 9.61 Å². The quantitative estimate of drug-likeness (QED) is 0.641. The Morgan fingerprint density at radius 2 is 2.00 bits per heavy atom. The van der Waals surface area contributed by atoms with Crippen LogP contribution in [0.5, 0.6) is 5.88 Å². The molecule has 1 saturated carbocycles. The third-order valence-electron chi connectivity index (χ3n) is 6.04. The normalized spacial score (nSPS) is 19.2. The summed E-state index contributed by atoms with van der Waals surface area (Å²) in [5, 5.41) is 18.1. The molecule has 2 fully saturated rings. The SMILES string of the molecule is Cc1nn2c(O)c(C(=O)NC3CC3)c(=O)n(CC(C)(C)C)c2c1C=CC(=O)N1CCOCC1C. The van der Waals surface area contributed by atoms with Crippen molar-refractivity contribution in [3.63, 3.8) is 0 Å². The summed E-state index contributed by atoms with van der Waals surface area (Å²) in [4.78, 5) is 40.9. The van der Waals surface area contributed by atoms with Crippen molar-refractivity contribution >= 4 is 23.5 Å². The maximum absolute atomic E-state index is 13.5. The van der Waals surface area contributed by atoms with Gasteiger partial charge < -0.3 is 20.1 Å². The molecule has 1 saturated heterocycles. The molecule has 2 aromatic rings. The number of aromatic hydroxyl groups is 1. The standard InChI is InChI=1S/C24H33N5O5/c1-14-12-34-11-10-27(14)18(30)9-8-17-15(2)26-29-21(17)28(13-24(3,4)5)22(32)19(23(29)33)20(31)25-16-6-7-16/h8-9,14,16,33H,6-7,10-13H2,1-5H3,(H,25,31). The molecular formula is C24H33N5O5. The van der Waals surface area contributed by atoms with Crippen molar-refractivity contribution < 1.29 is 19.4 Å². The van der Waals surface area contributed by atoms with E-state index in [0.29, 0.717) is 43.2 Å². The largest absolute Gasteiger partial charge is 0.492 e. The third-order valence-corrected chi connectivity index (χ3v) is 6.04. The number of nitrogens with one attached hydrogen (secondary N) is 1. The summed E-state index contributed by atoms with van der Waals surface area (Å²) in [6.45, 7) is 11.4. The summed E-state index contributed by atoms with van der Waals surface area (Å²) in [5.41, 5.74) is 0.206. The minimum atomic E-state index is -0.601. The Kier molecular flexibility index (Phi) is 6.28. The smallest absolute Gasteiger partial charge is 0.270 e. The van der Waals surface area contributed by atoms with Crippen LogP contribution < -0.4 is 10.9 Å². The topological polar surface area (TPSA) is 118 Å². The van der Waals surface area contributed by atoms with Crippen molar-refractivity contribution in [3.05, 3.63) is 33.3 Å². The van der Waals surface area contributed by atoms with E-state index in [9.17, 15) is 19.5 Å². The molecule has 0 radical (unpaired) electrons. The Hall–Kier alpha value is -3.14. The summed E-state index contributed by atoms with van der Waals surface area (Å²) >= 11 is 0. The molecule has 2 N–H and O–H groups in total. The monoisotopic (exact) mass is 471 g/mol. The number of carbonyl (C=O) groups excluding carboxylic acids is 2. The highest BCUT2D eigenvalue weighted by Gasteiger charge is 2.31. The van der Waals surface area contributed by atoms with Crippen molar-refractivity contribution in [2.45, 2.75) is 66.1 Å². The number of aryl methyl sites for hydroxylation is 1. The van der Waals surface area contributed by atoms with Gasteiger partial charge in [-0.15, -0.1) is 0 Å². The van der Waals surface area contributed by atoms with E-state index in [4.69, 9.17) is 4.74 Å². The first-order valence-electron chi connectivity index (χ1n) is 11.7. The van der Waals surface area contributed by atoms with E-state index in [1.807, 2.05) is 27.7 Å². The number of aromatic nitrogens is 3. The Morgan fingerprint density at radius 1 is 1.29 bits per heavy atom. The fraction of sp³-hybridized carbons (Fsp3) is 0.583. The van der Waals surface area contributed by atoms with Crippen molar-refractivity contribution in [1.82, 2.24) is 24.4 Å². The van der Waals surface area contributed by atoms with Gasteiger partial charge in [0.25, 0.3) is 11.5 Å². The number of ether oxygens (including phenoxy) is 1. The maximum Gasteiger partial charge on any atom is 0.270 e. The summed E-state index contributed by atoms with van der Waals surface area (Å²) in [5.74, 6) is -1.26. The first-order chi connectivity index (χ1) is 16.0. The fourth-order valence-electron chi connectivity index (χ4n) is 4.17. The Labute approximate surface area is 198 Å². The van der Waals surface area contributed by atoms with Crippen molar-refractivity contribution in [2.24, 2.45) is 5.41 Å². The van der Waals surface area contributed by atoms with E-state index in [1.165, 1.54) is 15.2 Å². The Bertz CT molecular complexity index is 1220. The molecule has 34 heavy (non-hydrogen) atoms. The third kappa shape index (κ3) is 4.72. The average molecular weight is 472 g/mol. The molecule has 1 unspecified atom stereocenters. The molecule has 0 bridgehead atoms. The van der Waals surface area contributed by atoms with Crippen LogP contribution in [0.25, 0.3) is 11.7 Å². The molecule has 10 nitrogen and oxygen atoms in total. The summed E-state index contributed by atoms with van der Waals surface area (Å²) in [6.07, 6.45) is 4.81. The maximum atomic E-state index is 13.5. The van der Waals surface area contributed by atoms with Crippen LogP contribution in [0.4, 0.5) is 0 Å². The fourth-order valence-corrected chi connectivity index (χ4v) is 4.17. The first kappa shape index (κ1) is 24.0. The zero-order valence-electron chi connectivity index (χ0n) is 20.4. The highest BCUT2D eigenvalue weighted by Crippen LogP contribution is 2.27. The predicted molar refractivity (Wildman–Crippen MR) is 127 cm³/mol. The van der Waals surface area contributed by atoms with Gasteiger partial charge in [0, 0.05) is 30.8 Å². The van der Waals surface area contributed by atoms with E-state index in [0.717, 1.165) is 12.8 Å². The Balaban J connectivity index is 1.83. The molecule has 3 heterocycles. The van der Waals surface area contributed by atoms with Crippen LogP contribution in [0.15, 0.2) is 10.9 Å². The van der Waals surface area contributed by atoms with Crippen LogP contribution in [0.1, 0.15) is 62.2 Å². The number of amides is 2. The average Bonchev–Trinajstić information content (AvgIpc) is 3.49. The molecule has 1 atom stereocenters. The van der Waals surface area contributed by atoms with Crippen LogP contribution in [-0.2, 0) is 16.1 Å². The second-order valence-corrected chi connectivity index (χ2v) is 10.4. The zero-order chi connectivity index (χ0) is 24.8. The zero-order valence-corrected chi connectivity index (χ0v) is 20.4. The lowest BCUT2D eigenvalue weighted by atomic mass is 9.96. The van der Waals surface area contributed by atoms with E-state index >= 15 is 0 Å². The molecule has 0 spiro atoms. The number of carbonyl (C=O) groups is 2. The lowest BCUT2D eigenvalue weighted by Gasteiger charge is -2.32. The van der Waals surface area contributed by atoms with E-state index in [2.05, 4.69) is 10.4 Å². The second kappa shape index (κ2) is 8.90. The predicted octanol–water partition coefficient (Wildman–Crippen LogP) is 1.71. The van der Waals surface area contributed by atoms with E-state index in [-0.39, 0.29) is 29.0 Å². The van der Waals surface area contributed by atoms with Gasteiger partial charge in [-0.05, 0) is 38.2 Å². The lowest BCUT2D eigenvalue weighted by Crippen LogP contribution is -2.46.